The summed E-state index contributed by atoms with van der Waals surface area (Å²) in [5.41, 5.74) is 0.300. The van der Waals surface area contributed by atoms with Gasteiger partial charge in [0.05, 0.1) is 11.1 Å². The van der Waals surface area contributed by atoms with E-state index in [4.69, 9.17) is 5.26 Å². The SMILES string of the molecule is N#Cc1cccc(C#CCCS)c1F. The number of benzene rings is 1. The largest absolute Gasteiger partial charge is 0.204 e. The molecule has 1 nitrogen and oxygen atoms in total. The van der Waals surface area contributed by atoms with Crippen LogP contribution in [0.4, 0.5) is 4.39 Å². The third kappa shape index (κ3) is 2.52. The van der Waals surface area contributed by atoms with E-state index in [0.717, 1.165) is 0 Å². The van der Waals surface area contributed by atoms with Crippen LogP contribution in [0.3, 0.4) is 0 Å². The molecular formula is C11H8FNS. The molecular weight excluding hydrogens is 197 g/mol. The highest BCUT2D eigenvalue weighted by Gasteiger charge is 2.03. The summed E-state index contributed by atoms with van der Waals surface area (Å²) in [4.78, 5) is 0. The third-order valence-corrected chi connectivity index (χ3v) is 1.80. The van der Waals surface area contributed by atoms with Crippen LogP contribution in [0, 0.1) is 29.0 Å². The summed E-state index contributed by atoms with van der Waals surface area (Å²) in [6.07, 6.45) is 0.610. The fourth-order valence-electron chi connectivity index (χ4n) is 0.928. The molecule has 0 unspecified atom stereocenters. The topological polar surface area (TPSA) is 23.8 Å². The first-order valence-electron chi connectivity index (χ1n) is 4.08. The first-order valence-corrected chi connectivity index (χ1v) is 4.71. The average molecular weight is 205 g/mol. The normalized spacial score (nSPS) is 8.64. The first kappa shape index (κ1) is 10.6. The van der Waals surface area contributed by atoms with Gasteiger partial charge in [-0.25, -0.2) is 4.39 Å². The van der Waals surface area contributed by atoms with E-state index in [1.807, 2.05) is 0 Å². The highest BCUT2D eigenvalue weighted by molar-refractivity contribution is 7.80. The predicted octanol–water partition coefficient (Wildman–Crippen LogP) is 2.37. The maximum atomic E-state index is 13.4. The molecule has 3 heteroatoms. The van der Waals surface area contributed by atoms with Crippen LogP contribution in [0.1, 0.15) is 17.5 Å². The molecule has 1 rings (SSSR count). The minimum absolute atomic E-state index is 0.0303. The van der Waals surface area contributed by atoms with Crippen molar-refractivity contribution in [3.63, 3.8) is 0 Å². The van der Waals surface area contributed by atoms with Gasteiger partial charge in [0.2, 0.25) is 0 Å². The zero-order chi connectivity index (χ0) is 10.4. The molecule has 0 aliphatic rings. The van der Waals surface area contributed by atoms with E-state index in [-0.39, 0.29) is 11.1 Å². The second kappa shape index (κ2) is 5.32. The van der Waals surface area contributed by atoms with Crippen LogP contribution in [0.5, 0.6) is 0 Å². The van der Waals surface area contributed by atoms with Gasteiger partial charge in [-0.15, -0.1) is 0 Å². The number of hydrogen-bond acceptors (Lipinski definition) is 2. The van der Waals surface area contributed by atoms with Gasteiger partial charge in [0, 0.05) is 12.2 Å². The van der Waals surface area contributed by atoms with E-state index in [2.05, 4.69) is 24.5 Å². The smallest absolute Gasteiger partial charge is 0.156 e. The second-order valence-electron chi connectivity index (χ2n) is 2.55. The molecule has 0 fully saturated rings. The fraction of sp³-hybridized carbons (Fsp3) is 0.182. The molecule has 14 heavy (non-hydrogen) atoms. The lowest BCUT2D eigenvalue weighted by atomic mass is 10.1. The summed E-state index contributed by atoms with van der Waals surface area (Å²) in [7, 11) is 0. The third-order valence-electron chi connectivity index (χ3n) is 1.58. The maximum Gasteiger partial charge on any atom is 0.156 e. The molecule has 0 saturated carbocycles. The lowest BCUT2D eigenvalue weighted by molar-refractivity contribution is 0.620. The van der Waals surface area contributed by atoms with Crippen LogP contribution in [-0.2, 0) is 0 Å². The van der Waals surface area contributed by atoms with Crippen LogP contribution in [-0.4, -0.2) is 5.75 Å². The van der Waals surface area contributed by atoms with Gasteiger partial charge in [0.15, 0.2) is 5.82 Å². The standard InChI is InChI=1S/C11H8FNS/c12-11-9(4-1-2-7-14)5-3-6-10(11)8-13/h3,5-6,14H,2,7H2. The van der Waals surface area contributed by atoms with Gasteiger partial charge in [0.25, 0.3) is 0 Å². The molecule has 0 aliphatic carbocycles. The van der Waals surface area contributed by atoms with Crippen LogP contribution in [0.15, 0.2) is 18.2 Å². The maximum absolute atomic E-state index is 13.4. The van der Waals surface area contributed by atoms with Crippen molar-refractivity contribution in [1.29, 1.82) is 5.26 Å². The molecule has 0 spiro atoms. The molecule has 1 aromatic carbocycles. The van der Waals surface area contributed by atoms with Gasteiger partial charge in [-0.1, -0.05) is 17.9 Å². The van der Waals surface area contributed by atoms with Crippen LogP contribution >= 0.6 is 12.6 Å². The van der Waals surface area contributed by atoms with Crippen molar-refractivity contribution < 1.29 is 4.39 Å². The van der Waals surface area contributed by atoms with E-state index >= 15 is 0 Å². The monoisotopic (exact) mass is 205 g/mol. The molecule has 1 aromatic rings. The Morgan fingerprint density at radius 1 is 1.36 bits per heavy atom. The molecule has 0 aromatic heterocycles. The van der Waals surface area contributed by atoms with Crippen molar-refractivity contribution in [2.75, 3.05) is 5.75 Å². The Morgan fingerprint density at radius 3 is 2.71 bits per heavy atom. The molecule has 0 heterocycles. The quantitative estimate of drug-likeness (QED) is 0.552. The minimum Gasteiger partial charge on any atom is -0.204 e. The Hall–Kier alpha value is -1.45. The van der Waals surface area contributed by atoms with Gasteiger partial charge in [-0.3, -0.25) is 0 Å². The number of nitrogens with zero attached hydrogens (tertiary/aromatic N) is 1. The number of hydrogen-bond donors (Lipinski definition) is 1. The summed E-state index contributed by atoms with van der Waals surface area (Å²) in [6, 6.07) is 6.37. The summed E-state index contributed by atoms with van der Waals surface area (Å²) in [5.74, 6) is 5.54. The Bertz CT molecular complexity index is 423. The van der Waals surface area contributed by atoms with E-state index in [0.29, 0.717) is 12.2 Å². The highest BCUT2D eigenvalue weighted by atomic mass is 32.1. The van der Waals surface area contributed by atoms with E-state index in [1.54, 1.807) is 18.2 Å². The van der Waals surface area contributed by atoms with Crippen molar-refractivity contribution in [3.05, 3.63) is 35.1 Å². The van der Waals surface area contributed by atoms with Gasteiger partial charge in [0.1, 0.15) is 6.07 Å². The lowest BCUT2D eigenvalue weighted by Gasteiger charge is -1.95. The van der Waals surface area contributed by atoms with Crippen molar-refractivity contribution >= 4 is 12.6 Å². The van der Waals surface area contributed by atoms with Crippen molar-refractivity contribution in [1.82, 2.24) is 0 Å². The minimum atomic E-state index is -0.540. The summed E-state index contributed by atoms with van der Waals surface area (Å²) in [5, 5.41) is 8.56. The number of nitriles is 1. The number of halogens is 1. The zero-order valence-electron chi connectivity index (χ0n) is 7.42. The van der Waals surface area contributed by atoms with E-state index in [9.17, 15) is 4.39 Å². The molecule has 0 aliphatic heterocycles. The highest BCUT2D eigenvalue weighted by Crippen LogP contribution is 2.10. The van der Waals surface area contributed by atoms with Gasteiger partial charge in [-0.05, 0) is 12.1 Å². The lowest BCUT2D eigenvalue weighted by Crippen LogP contribution is -1.88. The Kier molecular flexibility index (Phi) is 4.04. The van der Waals surface area contributed by atoms with Crippen molar-refractivity contribution in [2.24, 2.45) is 0 Å². The molecule has 70 valence electrons. The number of thiol groups is 1. The van der Waals surface area contributed by atoms with Crippen LogP contribution in [0.25, 0.3) is 0 Å². The zero-order valence-corrected chi connectivity index (χ0v) is 8.31. The average Bonchev–Trinajstić information content (AvgIpc) is 2.21. The van der Waals surface area contributed by atoms with Crippen LogP contribution < -0.4 is 0 Å². The van der Waals surface area contributed by atoms with Crippen molar-refractivity contribution in [2.45, 2.75) is 6.42 Å². The predicted molar refractivity (Wildman–Crippen MR) is 56.5 cm³/mol. The number of rotatable bonds is 1. The van der Waals surface area contributed by atoms with E-state index in [1.165, 1.54) is 6.07 Å². The molecule has 0 bridgehead atoms. The summed E-state index contributed by atoms with van der Waals surface area (Å²) >= 11 is 3.98. The summed E-state index contributed by atoms with van der Waals surface area (Å²) in [6.45, 7) is 0. The Morgan fingerprint density at radius 2 is 2.07 bits per heavy atom. The molecule has 0 radical (unpaired) electrons. The molecule has 0 N–H and O–H groups in total. The molecule has 0 amide bonds. The van der Waals surface area contributed by atoms with Gasteiger partial charge >= 0.3 is 0 Å². The second-order valence-corrected chi connectivity index (χ2v) is 3.00. The van der Waals surface area contributed by atoms with Gasteiger partial charge < -0.3 is 0 Å². The van der Waals surface area contributed by atoms with Crippen LogP contribution in [0.2, 0.25) is 0 Å². The molecule has 0 saturated heterocycles. The van der Waals surface area contributed by atoms with E-state index < -0.39 is 5.82 Å². The Balaban J connectivity index is 3.01. The first-order chi connectivity index (χ1) is 6.79. The molecule has 0 atom stereocenters. The fourth-order valence-corrected chi connectivity index (χ4v) is 1.04. The Labute approximate surface area is 88.0 Å². The van der Waals surface area contributed by atoms with Crippen molar-refractivity contribution in [3.8, 4) is 17.9 Å². The van der Waals surface area contributed by atoms with Gasteiger partial charge in [-0.2, -0.15) is 17.9 Å². The summed E-state index contributed by atoms with van der Waals surface area (Å²) < 4.78 is 13.4.